The number of sulfone groups is 1. The van der Waals surface area contributed by atoms with Gasteiger partial charge in [0.1, 0.15) is 11.4 Å². The van der Waals surface area contributed by atoms with E-state index in [9.17, 15) is 8.42 Å². The molecule has 1 N–H and O–H groups in total. The van der Waals surface area contributed by atoms with Gasteiger partial charge in [0.2, 0.25) is 0 Å². The van der Waals surface area contributed by atoms with E-state index in [1.165, 1.54) is 10.9 Å². The van der Waals surface area contributed by atoms with Crippen molar-refractivity contribution in [3.05, 3.63) is 48.7 Å². The van der Waals surface area contributed by atoms with Gasteiger partial charge in [-0.2, -0.15) is 5.26 Å². The highest BCUT2D eigenvalue weighted by Crippen LogP contribution is 2.34. The Morgan fingerprint density at radius 1 is 1.36 bits per heavy atom. The number of hydrogen-bond donors (Lipinski definition) is 1. The normalized spacial score (nSPS) is 18.1. The van der Waals surface area contributed by atoms with Crippen LogP contribution in [0.5, 0.6) is 0 Å². The van der Waals surface area contributed by atoms with Crippen LogP contribution in [0.25, 0.3) is 21.8 Å². The number of pyridine rings is 2. The minimum absolute atomic E-state index is 0.104. The lowest BCUT2D eigenvalue weighted by Crippen LogP contribution is -2.30. The summed E-state index contributed by atoms with van der Waals surface area (Å²) < 4.78 is 23.4. The fourth-order valence-electron chi connectivity index (χ4n) is 3.91. The average Bonchev–Trinajstić information content (AvgIpc) is 3.16. The van der Waals surface area contributed by atoms with Crippen LogP contribution >= 0.6 is 0 Å². The van der Waals surface area contributed by atoms with E-state index in [0.717, 1.165) is 42.4 Å². The number of nitrogens with one attached hydrogen (secondary N) is 1. The second-order valence-electron chi connectivity index (χ2n) is 7.12. The molecule has 1 aliphatic heterocycles. The van der Waals surface area contributed by atoms with Crippen LogP contribution in [0, 0.1) is 11.3 Å². The number of nitriles is 1. The van der Waals surface area contributed by atoms with Crippen molar-refractivity contribution in [3.63, 3.8) is 0 Å². The van der Waals surface area contributed by atoms with Crippen molar-refractivity contribution < 1.29 is 8.42 Å². The number of aromatic amines is 1. The smallest absolute Gasteiger partial charge is 0.167 e. The first-order valence-corrected chi connectivity index (χ1v) is 11.1. The van der Waals surface area contributed by atoms with Gasteiger partial charge in [-0.1, -0.05) is 6.08 Å². The lowest BCUT2D eigenvalue weighted by Gasteiger charge is -2.32. The summed E-state index contributed by atoms with van der Waals surface area (Å²) in [5.41, 5.74) is 2.08. The zero-order valence-corrected chi connectivity index (χ0v) is 16.2. The molecule has 3 aromatic heterocycles. The second-order valence-corrected chi connectivity index (χ2v) is 9.23. The van der Waals surface area contributed by atoms with E-state index in [2.05, 4.69) is 25.9 Å². The minimum atomic E-state index is -3.34. The molecular weight excluding hydrogens is 374 g/mol. The average molecular weight is 395 g/mol. The van der Waals surface area contributed by atoms with Gasteiger partial charge >= 0.3 is 0 Å². The molecular formula is C20H21N5O2S. The summed E-state index contributed by atoms with van der Waals surface area (Å²) in [7, 11) is -3.34. The molecule has 1 saturated heterocycles. The van der Waals surface area contributed by atoms with Crippen LogP contribution in [0.2, 0.25) is 0 Å². The molecule has 4 heterocycles. The molecule has 4 rings (SSSR count). The van der Waals surface area contributed by atoms with Crippen LogP contribution in [0.4, 0.5) is 0 Å². The van der Waals surface area contributed by atoms with E-state index < -0.39 is 15.6 Å². The summed E-state index contributed by atoms with van der Waals surface area (Å²) in [5, 5.41) is 11.9. The summed E-state index contributed by atoms with van der Waals surface area (Å²) in [4.78, 5) is 14.2. The molecule has 8 heteroatoms. The summed E-state index contributed by atoms with van der Waals surface area (Å²) in [5.74, 6) is -0.235. The van der Waals surface area contributed by atoms with E-state index in [1.54, 1.807) is 12.1 Å². The Bertz CT molecular complexity index is 1180. The van der Waals surface area contributed by atoms with Crippen LogP contribution in [0.1, 0.15) is 24.3 Å². The third kappa shape index (κ3) is 3.71. The number of hydrogen-bond acceptors (Lipinski definition) is 6. The Labute approximate surface area is 163 Å². The highest BCUT2D eigenvalue weighted by molar-refractivity contribution is 7.91. The standard InChI is InChI=1S/C20H21N5O2S/c21-5-10-28(26,27)9-2-8-25-7-1-3-15(14-25)18-13-22-11-16-12-24-20-17(19(16)18)4-6-23-20/h2,4,6,8,11-13,15H,1,3,7,9-10,14H2,(H,23,24). The predicted octanol–water partition coefficient (Wildman–Crippen LogP) is 2.74. The van der Waals surface area contributed by atoms with Gasteiger partial charge < -0.3 is 9.88 Å². The summed E-state index contributed by atoms with van der Waals surface area (Å²) >= 11 is 0. The number of piperidine rings is 1. The maximum absolute atomic E-state index is 11.7. The predicted molar refractivity (Wildman–Crippen MR) is 108 cm³/mol. The number of fused-ring (bicyclic) bond motifs is 3. The molecule has 0 aliphatic carbocycles. The third-order valence-electron chi connectivity index (χ3n) is 5.18. The molecule has 0 bridgehead atoms. The van der Waals surface area contributed by atoms with E-state index >= 15 is 0 Å². The van der Waals surface area contributed by atoms with Gasteiger partial charge in [-0.3, -0.25) is 4.98 Å². The van der Waals surface area contributed by atoms with Gasteiger partial charge in [0.25, 0.3) is 0 Å². The highest BCUT2D eigenvalue weighted by Gasteiger charge is 2.22. The summed E-state index contributed by atoms with van der Waals surface area (Å²) in [6.45, 7) is 1.70. The first-order chi connectivity index (χ1) is 13.6. The fraction of sp³-hybridized carbons (Fsp3) is 0.350. The number of likely N-dealkylation sites (tertiary alicyclic amines) is 1. The van der Waals surface area contributed by atoms with E-state index in [1.807, 2.05) is 31.0 Å². The monoisotopic (exact) mass is 395 g/mol. The Morgan fingerprint density at radius 3 is 3.11 bits per heavy atom. The zero-order chi connectivity index (χ0) is 19.6. The van der Waals surface area contributed by atoms with Gasteiger partial charge in [-0.05, 0) is 30.7 Å². The van der Waals surface area contributed by atoms with Crippen molar-refractivity contribution in [1.82, 2.24) is 19.9 Å². The molecule has 28 heavy (non-hydrogen) atoms. The number of aromatic nitrogens is 3. The quantitative estimate of drug-likeness (QED) is 0.712. The largest absolute Gasteiger partial charge is 0.377 e. The molecule has 3 aromatic rings. The van der Waals surface area contributed by atoms with Crippen molar-refractivity contribution in [2.45, 2.75) is 18.8 Å². The van der Waals surface area contributed by atoms with Crippen LogP contribution in [0.15, 0.2) is 43.1 Å². The van der Waals surface area contributed by atoms with Crippen LogP contribution in [-0.2, 0) is 9.84 Å². The Kier molecular flexibility index (Phi) is 5.01. The maximum atomic E-state index is 11.7. The van der Waals surface area contributed by atoms with E-state index in [4.69, 9.17) is 5.26 Å². The fourth-order valence-corrected chi connectivity index (χ4v) is 4.60. The molecule has 0 amide bonds. The van der Waals surface area contributed by atoms with Gasteiger partial charge in [-0.25, -0.2) is 13.4 Å². The molecule has 7 nitrogen and oxygen atoms in total. The number of nitrogens with zero attached hydrogens (tertiary/aromatic N) is 4. The van der Waals surface area contributed by atoms with Crippen LogP contribution in [-0.4, -0.2) is 52.9 Å². The van der Waals surface area contributed by atoms with Crippen molar-refractivity contribution in [2.24, 2.45) is 0 Å². The summed E-state index contributed by atoms with van der Waals surface area (Å²) in [6.07, 6.45) is 13.1. The molecule has 0 spiro atoms. The maximum Gasteiger partial charge on any atom is 0.167 e. The molecule has 1 aliphatic rings. The number of rotatable bonds is 5. The Balaban J connectivity index is 1.59. The Morgan fingerprint density at radius 2 is 2.25 bits per heavy atom. The van der Waals surface area contributed by atoms with Gasteiger partial charge in [0, 0.05) is 60.0 Å². The van der Waals surface area contributed by atoms with E-state index in [-0.39, 0.29) is 5.75 Å². The molecule has 1 unspecified atom stereocenters. The molecule has 0 saturated carbocycles. The van der Waals surface area contributed by atoms with Gasteiger partial charge in [0.15, 0.2) is 9.84 Å². The number of H-pyrrole nitrogens is 1. The lowest BCUT2D eigenvalue weighted by atomic mass is 9.88. The van der Waals surface area contributed by atoms with Crippen LogP contribution in [0.3, 0.4) is 0 Å². The van der Waals surface area contributed by atoms with E-state index in [0.29, 0.717) is 5.92 Å². The first kappa shape index (κ1) is 18.4. The molecule has 1 atom stereocenters. The minimum Gasteiger partial charge on any atom is -0.377 e. The third-order valence-corrected chi connectivity index (χ3v) is 6.44. The highest BCUT2D eigenvalue weighted by atomic mass is 32.2. The molecule has 0 aromatic carbocycles. The SMILES string of the molecule is N#CCS(=O)(=O)CC=CN1CCCC(c2cncc3cnc4[nH]ccc4c23)C1. The second kappa shape index (κ2) is 7.60. The van der Waals surface area contributed by atoms with Gasteiger partial charge in [-0.15, -0.1) is 0 Å². The first-order valence-electron chi connectivity index (χ1n) is 9.25. The molecule has 144 valence electrons. The Hall–Kier alpha value is -2.92. The lowest BCUT2D eigenvalue weighted by molar-refractivity contribution is 0.280. The molecule has 0 radical (unpaired) electrons. The van der Waals surface area contributed by atoms with Crippen molar-refractivity contribution >= 4 is 31.6 Å². The van der Waals surface area contributed by atoms with Crippen molar-refractivity contribution in [1.29, 1.82) is 5.26 Å². The summed E-state index contributed by atoms with van der Waals surface area (Å²) in [6, 6.07) is 3.75. The van der Waals surface area contributed by atoms with Crippen molar-refractivity contribution in [2.75, 3.05) is 24.6 Å². The van der Waals surface area contributed by atoms with Crippen LogP contribution < -0.4 is 0 Å². The topological polar surface area (TPSA) is 103 Å². The van der Waals surface area contributed by atoms with Gasteiger partial charge in [0.05, 0.1) is 11.8 Å². The molecule has 1 fully saturated rings. The zero-order valence-electron chi connectivity index (χ0n) is 15.4. The van der Waals surface area contributed by atoms with Crippen molar-refractivity contribution in [3.8, 4) is 6.07 Å².